The molecule has 1 unspecified atom stereocenters. The lowest BCUT2D eigenvalue weighted by Crippen LogP contribution is -2.58. The molecule has 110 valence electrons. The van der Waals surface area contributed by atoms with Crippen LogP contribution >= 0.6 is 0 Å². The zero-order valence-electron chi connectivity index (χ0n) is 11.4. The second-order valence-corrected chi connectivity index (χ2v) is 6.62. The fraction of sp³-hybridized carbons (Fsp3) is 0.500. The average molecular weight is 299 g/mol. The molecule has 1 atom stereocenters. The third kappa shape index (κ3) is 2.67. The van der Waals surface area contributed by atoms with Crippen LogP contribution in [0.15, 0.2) is 29.4 Å². The highest BCUT2D eigenvalue weighted by Gasteiger charge is 2.42. The first-order valence-electron chi connectivity index (χ1n) is 6.16. The van der Waals surface area contributed by atoms with Crippen molar-refractivity contribution in [2.75, 3.05) is 26.7 Å². The molecule has 1 aromatic rings. The summed E-state index contributed by atoms with van der Waals surface area (Å²) in [7, 11) is -2.17. The molecule has 1 aliphatic rings. The number of hydrogen-bond acceptors (Lipinski definition) is 5. The maximum atomic E-state index is 12.5. The van der Waals surface area contributed by atoms with Crippen molar-refractivity contribution in [2.45, 2.75) is 17.4 Å². The van der Waals surface area contributed by atoms with Gasteiger partial charge in [-0.05, 0) is 19.1 Å². The maximum absolute atomic E-state index is 12.5. The highest BCUT2D eigenvalue weighted by Crippen LogP contribution is 2.23. The summed E-state index contributed by atoms with van der Waals surface area (Å²) < 4.78 is 31.7. The Morgan fingerprint density at radius 3 is 2.90 bits per heavy atom. The lowest BCUT2D eigenvalue weighted by molar-refractivity contribution is -0.151. The number of morpholine rings is 1. The first-order chi connectivity index (χ1) is 9.40. The second-order valence-electron chi connectivity index (χ2n) is 4.69. The Labute approximate surface area is 118 Å². The minimum atomic E-state index is -3.66. The number of ether oxygens (including phenoxy) is 1. The van der Waals surface area contributed by atoms with E-state index in [1.807, 2.05) is 0 Å². The Bertz CT molecular complexity index is 590. The quantitative estimate of drug-likeness (QED) is 0.821. The van der Waals surface area contributed by atoms with Crippen molar-refractivity contribution < 1.29 is 17.9 Å². The predicted octanol–water partition coefficient (Wildman–Crippen LogP) is -0.393. The number of aromatic nitrogens is 1. The lowest BCUT2D eigenvalue weighted by atomic mass is 10.0. The van der Waals surface area contributed by atoms with Crippen LogP contribution in [0.5, 0.6) is 0 Å². The van der Waals surface area contributed by atoms with E-state index < -0.39 is 15.6 Å². The summed E-state index contributed by atoms with van der Waals surface area (Å²) in [6, 6.07) is 3.04. The highest BCUT2D eigenvalue weighted by molar-refractivity contribution is 7.89. The number of pyridine rings is 1. The molecular weight excluding hydrogens is 282 g/mol. The van der Waals surface area contributed by atoms with Gasteiger partial charge in [-0.2, -0.15) is 4.31 Å². The first kappa shape index (κ1) is 14.9. The molecule has 0 aliphatic carbocycles. The molecule has 1 fully saturated rings. The Morgan fingerprint density at radius 1 is 1.55 bits per heavy atom. The average Bonchev–Trinajstić information content (AvgIpc) is 2.47. The van der Waals surface area contributed by atoms with E-state index in [9.17, 15) is 13.2 Å². The normalized spacial score (nSPS) is 24.3. The van der Waals surface area contributed by atoms with Crippen molar-refractivity contribution in [1.82, 2.24) is 14.6 Å². The Morgan fingerprint density at radius 2 is 2.30 bits per heavy atom. The van der Waals surface area contributed by atoms with E-state index in [1.165, 1.54) is 29.8 Å². The maximum Gasteiger partial charge on any atom is 0.253 e. The van der Waals surface area contributed by atoms with E-state index in [2.05, 4.69) is 10.3 Å². The number of carbonyl (C=O) groups is 1. The molecule has 1 saturated heterocycles. The lowest BCUT2D eigenvalue weighted by Gasteiger charge is -2.38. The van der Waals surface area contributed by atoms with Gasteiger partial charge in [0.1, 0.15) is 4.90 Å². The highest BCUT2D eigenvalue weighted by atomic mass is 32.2. The van der Waals surface area contributed by atoms with Gasteiger partial charge in [-0.25, -0.2) is 8.42 Å². The van der Waals surface area contributed by atoms with Gasteiger partial charge in [0.15, 0.2) is 5.60 Å². The smallest absolute Gasteiger partial charge is 0.253 e. The molecule has 2 heterocycles. The summed E-state index contributed by atoms with van der Waals surface area (Å²) in [6.07, 6.45) is 2.80. The molecule has 0 spiro atoms. The van der Waals surface area contributed by atoms with Gasteiger partial charge in [0.2, 0.25) is 10.0 Å². The van der Waals surface area contributed by atoms with Gasteiger partial charge in [-0.3, -0.25) is 9.78 Å². The minimum absolute atomic E-state index is 0.0239. The van der Waals surface area contributed by atoms with E-state index in [0.29, 0.717) is 0 Å². The Kier molecular flexibility index (Phi) is 4.07. The fourth-order valence-corrected chi connectivity index (χ4v) is 3.56. The molecule has 0 radical (unpaired) electrons. The standard InChI is InChI=1S/C12H17N3O4S/c1-12(11(16)13-2)9-15(6-7-19-12)20(17,18)10-4-3-5-14-8-10/h3-5,8H,6-7,9H2,1-2H3,(H,13,16). The third-order valence-electron chi connectivity index (χ3n) is 3.22. The number of nitrogens with one attached hydrogen (secondary N) is 1. The number of sulfonamides is 1. The van der Waals surface area contributed by atoms with Crippen LogP contribution < -0.4 is 5.32 Å². The zero-order valence-corrected chi connectivity index (χ0v) is 12.2. The van der Waals surface area contributed by atoms with Crippen LogP contribution in [0, 0.1) is 0 Å². The fourth-order valence-electron chi connectivity index (χ4n) is 2.09. The number of likely N-dealkylation sites (N-methyl/N-ethyl adjacent to an activating group) is 1. The Balaban J connectivity index is 2.28. The van der Waals surface area contributed by atoms with Gasteiger partial charge >= 0.3 is 0 Å². The van der Waals surface area contributed by atoms with Crippen molar-refractivity contribution in [2.24, 2.45) is 0 Å². The predicted molar refractivity (Wildman–Crippen MR) is 71.4 cm³/mol. The van der Waals surface area contributed by atoms with Crippen molar-refractivity contribution in [1.29, 1.82) is 0 Å². The first-order valence-corrected chi connectivity index (χ1v) is 7.60. The van der Waals surface area contributed by atoms with Gasteiger partial charge in [0, 0.05) is 26.0 Å². The third-order valence-corrected chi connectivity index (χ3v) is 5.05. The van der Waals surface area contributed by atoms with Gasteiger partial charge in [-0.1, -0.05) is 0 Å². The van der Waals surface area contributed by atoms with E-state index in [1.54, 1.807) is 13.0 Å². The van der Waals surface area contributed by atoms with Crippen LogP contribution in [0.4, 0.5) is 0 Å². The molecule has 20 heavy (non-hydrogen) atoms. The summed E-state index contributed by atoms with van der Waals surface area (Å²) in [6.45, 7) is 1.94. The Hall–Kier alpha value is -1.51. The molecule has 0 bridgehead atoms. The van der Waals surface area contributed by atoms with E-state index in [0.717, 1.165) is 0 Å². The monoisotopic (exact) mass is 299 g/mol. The van der Waals surface area contributed by atoms with Crippen LogP contribution in [-0.2, 0) is 19.6 Å². The minimum Gasteiger partial charge on any atom is -0.363 e. The molecule has 0 saturated carbocycles. The van der Waals surface area contributed by atoms with Crippen LogP contribution in [-0.4, -0.2) is 56.0 Å². The molecule has 1 aromatic heterocycles. The summed E-state index contributed by atoms with van der Waals surface area (Å²) in [5, 5.41) is 2.49. The molecular formula is C12H17N3O4S. The molecule has 1 aliphatic heterocycles. The number of rotatable bonds is 3. The van der Waals surface area contributed by atoms with Crippen LogP contribution in [0.2, 0.25) is 0 Å². The summed E-state index contributed by atoms with van der Waals surface area (Å²) in [4.78, 5) is 15.8. The topological polar surface area (TPSA) is 88.6 Å². The SMILES string of the molecule is CNC(=O)C1(C)CN(S(=O)(=O)c2cccnc2)CCO1. The number of hydrogen-bond donors (Lipinski definition) is 1. The molecule has 1 amide bonds. The second kappa shape index (κ2) is 5.47. The van der Waals surface area contributed by atoms with Gasteiger partial charge in [-0.15, -0.1) is 0 Å². The number of amides is 1. The molecule has 8 heteroatoms. The molecule has 2 rings (SSSR count). The van der Waals surface area contributed by atoms with Gasteiger partial charge < -0.3 is 10.1 Å². The van der Waals surface area contributed by atoms with Crippen LogP contribution in [0.25, 0.3) is 0 Å². The summed E-state index contributed by atoms with van der Waals surface area (Å²) in [5.41, 5.74) is -1.18. The van der Waals surface area contributed by atoms with E-state index in [-0.39, 0.29) is 30.5 Å². The largest absolute Gasteiger partial charge is 0.363 e. The van der Waals surface area contributed by atoms with Gasteiger partial charge in [0.05, 0.1) is 13.2 Å². The number of nitrogens with zero attached hydrogens (tertiary/aromatic N) is 2. The van der Waals surface area contributed by atoms with E-state index in [4.69, 9.17) is 4.74 Å². The van der Waals surface area contributed by atoms with Gasteiger partial charge in [0.25, 0.3) is 5.91 Å². The number of carbonyl (C=O) groups excluding carboxylic acids is 1. The molecule has 1 N–H and O–H groups in total. The van der Waals surface area contributed by atoms with Crippen molar-refractivity contribution in [3.05, 3.63) is 24.5 Å². The molecule has 0 aromatic carbocycles. The van der Waals surface area contributed by atoms with Crippen LogP contribution in [0.3, 0.4) is 0 Å². The zero-order chi connectivity index (χ0) is 14.8. The van der Waals surface area contributed by atoms with E-state index >= 15 is 0 Å². The van der Waals surface area contributed by atoms with Crippen molar-refractivity contribution in [3.8, 4) is 0 Å². The molecule has 7 nitrogen and oxygen atoms in total. The summed E-state index contributed by atoms with van der Waals surface area (Å²) in [5.74, 6) is -0.344. The van der Waals surface area contributed by atoms with Crippen molar-refractivity contribution >= 4 is 15.9 Å². The van der Waals surface area contributed by atoms with Crippen molar-refractivity contribution in [3.63, 3.8) is 0 Å². The summed E-state index contributed by atoms with van der Waals surface area (Å²) >= 11 is 0. The van der Waals surface area contributed by atoms with Crippen LogP contribution in [0.1, 0.15) is 6.92 Å².